The van der Waals surface area contributed by atoms with Gasteiger partial charge in [0.15, 0.2) is 0 Å². The van der Waals surface area contributed by atoms with Gasteiger partial charge in [-0.25, -0.2) is 4.98 Å². The molecule has 0 aliphatic rings. The van der Waals surface area contributed by atoms with Crippen molar-refractivity contribution in [2.24, 2.45) is 5.73 Å². The van der Waals surface area contributed by atoms with Gasteiger partial charge in [0, 0.05) is 0 Å². The normalized spacial score (nSPS) is 12.5. The molecule has 13 heavy (non-hydrogen) atoms. The third-order valence-electron chi connectivity index (χ3n) is 1.43. The Labute approximate surface area is 88.2 Å². The minimum absolute atomic E-state index is 0.163. The third kappa shape index (κ3) is 3.06. The van der Waals surface area contributed by atoms with Crippen molar-refractivity contribution in [3.05, 3.63) is 15.0 Å². The zero-order valence-electron chi connectivity index (χ0n) is 6.99. The molecule has 0 unspecified atom stereocenters. The number of aromatic nitrogens is 1. The molecule has 4 nitrogen and oxygen atoms in total. The SMILES string of the molecule is COC(=O)C[C@@H](N)c1ncc(Br)s1. The molecule has 0 saturated heterocycles. The zero-order valence-corrected chi connectivity index (χ0v) is 9.39. The molecule has 0 aliphatic carbocycles. The largest absolute Gasteiger partial charge is 0.469 e. The molecule has 0 amide bonds. The Bertz CT molecular complexity index is 302. The van der Waals surface area contributed by atoms with E-state index in [-0.39, 0.29) is 18.4 Å². The maximum absolute atomic E-state index is 10.9. The first-order valence-electron chi connectivity index (χ1n) is 3.57. The van der Waals surface area contributed by atoms with E-state index in [0.717, 1.165) is 8.79 Å². The highest BCUT2D eigenvalue weighted by atomic mass is 79.9. The smallest absolute Gasteiger partial charge is 0.307 e. The second-order valence-corrected chi connectivity index (χ2v) is 4.83. The Hall–Kier alpha value is -0.460. The van der Waals surface area contributed by atoms with Crippen LogP contribution >= 0.6 is 27.3 Å². The lowest BCUT2D eigenvalue weighted by atomic mass is 10.2. The van der Waals surface area contributed by atoms with Crippen LogP contribution in [-0.4, -0.2) is 18.1 Å². The van der Waals surface area contributed by atoms with Gasteiger partial charge in [0.2, 0.25) is 0 Å². The van der Waals surface area contributed by atoms with E-state index >= 15 is 0 Å². The summed E-state index contributed by atoms with van der Waals surface area (Å²) in [6, 6.07) is -0.372. The minimum Gasteiger partial charge on any atom is -0.469 e. The number of hydrogen-bond acceptors (Lipinski definition) is 5. The van der Waals surface area contributed by atoms with Crippen molar-refractivity contribution < 1.29 is 9.53 Å². The van der Waals surface area contributed by atoms with E-state index in [1.807, 2.05) is 0 Å². The molecule has 0 aliphatic heterocycles. The predicted octanol–water partition coefficient (Wildman–Crippen LogP) is 1.47. The summed E-state index contributed by atoms with van der Waals surface area (Å²) in [6.45, 7) is 0. The first-order valence-corrected chi connectivity index (χ1v) is 5.18. The highest BCUT2D eigenvalue weighted by Gasteiger charge is 2.14. The molecule has 0 fully saturated rings. The molecular formula is C7H9BrN2O2S. The fraction of sp³-hybridized carbons (Fsp3) is 0.429. The number of thiazole rings is 1. The first-order chi connectivity index (χ1) is 6.13. The molecule has 72 valence electrons. The summed E-state index contributed by atoms with van der Waals surface area (Å²) in [4.78, 5) is 14.9. The second kappa shape index (κ2) is 4.69. The second-order valence-electron chi connectivity index (χ2n) is 2.39. The number of carbonyl (C=O) groups is 1. The van der Waals surface area contributed by atoms with E-state index in [2.05, 4.69) is 25.7 Å². The summed E-state index contributed by atoms with van der Waals surface area (Å²) >= 11 is 4.69. The maximum Gasteiger partial charge on any atom is 0.307 e. The number of nitrogens with zero attached hydrogens (tertiary/aromatic N) is 1. The third-order valence-corrected chi connectivity index (χ3v) is 3.03. The molecule has 1 heterocycles. The maximum atomic E-state index is 10.9. The quantitative estimate of drug-likeness (QED) is 0.840. The average Bonchev–Trinajstić information content (AvgIpc) is 2.51. The molecule has 1 aromatic heterocycles. The summed E-state index contributed by atoms with van der Waals surface area (Å²) in [6.07, 6.45) is 1.83. The molecular weight excluding hydrogens is 256 g/mol. The summed E-state index contributed by atoms with van der Waals surface area (Å²) in [5.74, 6) is -0.321. The van der Waals surface area contributed by atoms with Crippen molar-refractivity contribution in [3.63, 3.8) is 0 Å². The lowest BCUT2D eigenvalue weighted by Gasteiger charge is -2.05. The van der Waals surface area contributed by atoms with Gasteiger partial charge in [-0.15, -0.1) is 11.3 Å². The Morgan fingerprint density at radius 3 is 3.08 bits per heavy atom. The van der Waals surface area contributed by atoms with Crippen LogP contribution in [-0.2, 0) is 9.53 Å². The molecule has 0 spiro atoms. The molecule has 0 radical (unpaired) electrons. The minimum atomic E-state index is -0.372. The fourth-order valence-corrected chi connectivity index (χ4v) is 2.03. The van der Waals surface area contributed by atoms with Crippen molar-refractivity contribution in [2.45, 2.75) is 12.5 Å². The predicted molar refractivity (Wildman–Crippen MR) is 53.4 cm³/mol. The topological polar surface area (TPSA) is 65.2 Å². The van der Waals surface area contributed by atoms with Crippen LogP contribution in [0.3, 0.4) is 0 Å². The summed E-state index contributed by atoms with van der Waals surface area (Å²) in [7, 11) is 1.34. The van der Waals surface area contributed by atoms with Crippen molar-refractivity contribution in [1.82, 2.24) is 4.98 Å². The summed E-state index contributed by atoms with van der Waals surface area (Å²) in [5, 5.41) is 0.734. The first kappa shape index (κ1) is 10.6. The van der Waals surface area contributed by atoms with Gasteiger partial charge in [-0.2, -0.15) is 0 Å². The lowest BCUT2D eigenvalue weighted by molar-refractivity contribution is -0.141. The van der Waals surface area contributed by atoms with E-state index < -0.39 is 0 Å². The number of methoxy groups -OCH3 is 1. The molecule has 6 heteroatoms. The highest BCUT2D eigenvalue weighted by Crippen LogP contribution is 2.24. The average molecular weight is 265 g/mol. The van der Waals surface area contributed by atoms with Crippen LogP contribution in [0.2, 0.25) is 0 Å². The fourth-order valence-electron chi connectivity index (χ4n) is 0.789. The van der Waals surface area contributed by atoms with Gasteiger partial charge in [0.25, 0.3) is 0 Å². The number of carbonyl (C=O) groups excluding carboxylic acids is 1. The van der Waals surface area contributed by atoms with Crippen LogP contribution in [0.25, 0.3) is 0 Å². The van der Waals surface area contributed by atoms with E-state index in [4.69, 9.17) is 5.73 Å². The zero-order chi connectivity index (χ0) is 9.84. The van der Waals surface area contributed by atoms with Crippen LogP contribution in [0.15, 0.2) is 9.98 Å². The number of nitrogens with two attached hydrogens (primary N) is 1. The molecule has 1 atom stereocenters. The highest BCUT2D eigenvalue weighted by molar-refractivity contribution is 9.11. The number of ether oxygens (including phenoxy) is 1. The number of halogens is 1. The van der Waals surface area contributed by atoms with Gasteiger partial charge in [0.05, 0.1) is 29.6 Å². The number of esters is 1. The van der Waals surface area contributed by atoms with Crippen LogP contribution in [0.5, 0.6) is 0 Å². The van der Waals surface area contributed by atoms with E-state index in [1.54, 1.807) is 6.20 Å². The van der Waals surface area contributed by atoms with Crippen LogP contribution < -0.4 is 5.73 Å². The molecule has 2 N–H and O–H groups in total. The van der Waals surface area contributed by atoms with Gasteiger partial charge in [-0.1, -0.05) is 0 Å². The summed E-state index contributed by atoms with van der Waals surface area (Å²) in [5.41, 5.74) is 5.71. The molecule has 0 bridgehead atoms. The monoisotopic (exact) mass is 264 g/mol. The summed E-state index contributed by atoms with van der Waals surface area (Å²) < 4.78 is 5.40. The Morgan fingerprint density at radius 2 is 2.62 bits per heavy atom. The van der Waals surface area contributed by atoms with Crippen molar-refractivity contribution in [2.75, 3.05) is 7.11 Å². The Balaban J connectivity index is 2.58. The molecule has 0 saturated carbocycles. The molecule has 0 aromatic carbocycles. The van der Waals surface area contributed by atoms with Crippen molar-refractivity contribution in [1.29, 1.82) is 0 Å². The van der Waals surface area contributed by atoms with Gasteiger partial charge in [-0.05, 0) is 15.9 Å². The number of rotatable bonds is 3. The van der Waals surface area contributed by atoms with Gasteiger partial charge >= 0.3 is 5.97 Å². The lowest BCUT2D eigenvalue weighted by Crippen LogP contribution is -2.15. The standard InChI is InChI=1S/C7H9BrN2O2S/c1-12-6(11)2-4(9)7-10-3-5(8)13-7/h3-4H,2,9H2,1H3/t4-/m1/s1. The van der Waals surface area contributed by atoms with Gasteiger partial charge in [-0.3, -0.25) is 4.79 Å². The van der Waals surface area contributed by atoms with E-state index in [0.29, 0.717) is 0 Å². The van der Waals surface area contributed by atoms with Gasteiger partial charge < -0.3 is 10.5 Å². The molecule has 1 rings (SSSR count). The van der Waals surface area contributed by atoms with E-state index in [1.165, 1.54) is 18.4 Å². The van der Waals surface area contributed by atoms with E-state index in [9.17, 15) is 4.79 Å². The van der Waals surface area contributed by atoms with Gasteiger partial charge in [0.1, 0.15) is 5.01 Å². The molecule has 1 aromatic rings. The Morgan fingerprint density at radius 1 is 1.92 bits per heavy atom. The van der Waals surface area contributed by atoms with Crippen molar-refractivity contribution >= 4 is 33.2 Å². The number of hydrogen-bond donors (Lipinski definition) is 1. The Kier molecular flexibility index (Phi) is 3.83. The van der Waals surface area contributed by atoms with Crippen LogP contribution in [0.4, 0.5) is 0 Å². The van der Waals surface area contributed by atoms with Crippen LogP contribution in [0, 0.1) is 0 Å². The van der Waals surface area contributed by atoms with Crippen molar-refractivity contribution in [3.8, 4) is 0 Å². The van der Waals surface area contributed by atoms with Crippen LogP contribution in [0.1, 0.15) is 17.5 Å².